The van der Waals surface area contributed by atoms with Crippen LogP contribution in [0.4, 0.5) is 0 Å². The first-order chi connectivity index (χ1) is 9.52. The lowest BCUT2D eigenvalue weighted by Gasteiger charge is -2.41. The highest BCUT2D eigenvalue weighted by atomic mass is 15.2. The summed E-state index contributed by atoms with van der Waals surface area (Å²) in [7, 11) is 0. The molecule has 0 aromatic carbocycles. The van der Waals surface area contributed by atoms with Gasteiger partial charge in [0.05, 0.1) is 0 Å². The Bertz CT molecular complexity index is 276. The van der Waals surface area contributed by atoms with Crippen LogP contribution in [0.15, 0.2) is 0 Å². The summed E-state index contributed by atoms with van der Waals surface area (Å²) in [6.07, 6.45) is 10.0. The van der Waals surface area contributed by atoms with Gasteiger partial charge in [0, 0.05) is 18.6 Å². The van der Waals surface area contributed by atoms with Gasteiger partial charge < -0.3 is 5.32 Å². The molecular formula is C18H36N2. The number of hydrogen-bond donors (Lipinski definition) is 1. The zero-order valence-corrected chi connectivity index (χ0v) is 14.3. The van der Waals surface area contributed by atoms with E-state index in [1.165, 1.54) is 64.6 Å². The van der Waals surface area contributed by atoms with Crippen LogP contribution in [0.1, 0.15) is 72.6 Å². The lowest BCUT2D eigenvalue weighted by atomic mass is 9.81. The Hall–Kier alpha value is -0.0800. The monoisotopic (exact) mass is 280 g/mol. The molecule has 2 atom stereocenters. The second-order valence-corrected chi connectivity index (χ2v) is 8.09. The van der Waals surface area contributed by atoms with Gasteiger partial charge in [-0.2, -0.15) is 0 Å². The summed E-state index contributed by atoms with van der Waals surface area (Å²) in [6.45, 7) is 13.3. The van der Waals surface area contributed by atoms with Crippen molar-refractivity contribution < 1.29 is 0 Å². The van der Waals surface area contributed by atoms with Crippen molar-refractivity contribution >= 4 is 0 Å². The molecule has 1 aliphatic heterocycles. The fourth-order valence-corrected chi connectivity index (χ4v) is 4.24. The molecule has 20 heavy (non-hydrogen) atoms. The molecule has 0 aromatic heterocycles. The first-order valence-electron chi connectivity index (χ1n) is 8.99. The summed E-state index contributed by atoms with van der Waals surface area (Å²) < 4.78 is 0. The number of nitrogens with one attached hydrogen (secondary N) is 1. The van der Waals surface area contributed by atoms with Crippen LogP contribution in [0.3, 0.4) is 0 Å². The highest BCUT2D eigenvalue weighted by Crippen LogP contribution is 2.32. The van der Waals surface area contributed by atoms with Gasteiger partial charge in [-0.25, -0.2) is 0 Å². The molecule has 1 saturated heterocycles. The van der Waals surface area contributed by atoms with Crippen LogP contribution in [0.5, 0.6) is 0 Å². The third kappa shape index (κ3) is 4.21. The summed E-state index contributed by atoms with van der Waals surface area (Å²) >= 11 is 0. The van der Waals surface area contributed by atoms with E-state index >= 15 is 0 Å². The standard InChI is InChI=1S/C18H36N2/c1-5-16(15-10-7-6-8-11-15)20-13-9-12-19-17(14-20)18(2,3)4/h15-17,19H,5-14H2,1-4H3. The van der Waals surface area contributed by atoms with E-state index in [2.05, 4.69) is 37.9 Å². The van der Waals surface area contributed by atoms with Gasteiger partial charge in [0.2, 0.25) is 0 Å². The van der Waals surface area contributed by atoms with Crippen molar-refractivity contribution in [3.8, 4) is 0 Å². The van der Waals surface area contributed by atoms with Gasteiger partial charge >= 0.3 is 0 Å². The highest BCUT2D eigenvalue weighted by Gasteiger charge is 2.33. The van der Waals surface area contributed by atoms with Gasteiger partial charge in [-0.05, 0) is 50.1 Å². The Morgan fingerprint density at radius 1 is 1.10 bits per heavy atom. The van der Waals surface area contributed by atoms with Crippen LogP contribution >= 0.6 is 0 Å². The van der Waals surface area contributed by atoms with Crippen LogP contribution in [0, 0.1) is 11.3 Å². The molecule has 0 aromatic rings. The molecular weight excluding hydrogens is 244 g/mol. The van der Waals surface area contributed by atoms with Gasteiger partial charge in [-0.1, -0.05) is 47.0 Å². The molecule has 118 valence electrons. The average Bonchev–Trinajstić information content (AvgIpc) is 2.67. The Morgan fingerprint density at radius 2 is 1.80 bits per heavy atom. The quantitative estimate of drug-likeness (QED) is 0.839. The molecule has 2 aliphatic rings. The van der Waals surface area contributed by atoms with E-state index in [-0.39, 0.29) is 0 Å². The molecule has 2 nitrogen and oxygen atoms in total. The van der Waals surface area contributed by atoms with Crippen molar-refractivity contribution in [2.24, 2.45) is 11.3 Å². The maximum atomic E-state index is 3.79. The van der Waals surface area contributed by atoms with Crippen molar-refractivity contribution in [2.75, 3.05) is 19.6 Å². The second-order valence-electron chi connectivity index (χ2n) is 8.09. The maximum Gasteiger partial charge on any atom is 0.0243 e. The van der Waals surface area contributed by atoms with E-state index in [1.807, 2.05) is 0 Å². The molecule has 2 unspecified atom stereocenters. The molecule has 0 radical (unpaired) electrons. The third-order valence-corrected chi connectivity index (χ3v) is 5.56. The van der Waals surface area contributed by atoms with Gasteiger partial charge in [0.15, 0.2) is 0 Å². The van der Waals surface area contributed by atoms with Crippen molar-refractivity contribution in [1.29, 1.82) is 0 Å². The predicted octanol–water partition coefficient (Wildman–Crippen LogP) is 4.06. The summed E-state index contributed by atoms with van der Waals surface area (Å²) in [6, 6.07) is 1.47. The number of nitrogens with zero attached hydrogens (tertiary/aromatic N) is 1. The first-order valence-corrected chi connectivity index (χ1v) is 8.99. The molecule has 1 aliphatic carbocycles. The zero-order chi connectivity index (χ0) is 14.6. The molecule has 2 heteroatoms. The van der Waals surface area contributed by atoms with Crippen LogP contribution in [-0.4, -0.2) is 36.6 Å². The van der Waals surface area contributed by atoms with Crippen molar-refractivity contribution in [1.82, 2.24) is 10.2 Å². The summed E-state index contributed by atoms with van der Waals surface area (Å²) in [5, 5.41) is 3.79. The fourth-order valence-electron chi connectivity index (χ4n) is 4.24. The second kappa shape index (κ2) is 7.26. The average molecular weight is 281 g/mol. The van der Waals surface area contributed by atoms with Gasteiger partial charge in [0.1, 0.15) is 0 Å². The smallest absolute Gasteiger partial charge is 0.0243 e. The van der Waals surface area contributed by atoms with Crippen LogP contribution < -0.4 is 5.32 Å². The summed E-state index contributed by atoms with van der Waals surface area (Å²) in [5.74, 6) is 0.965. The molecule has 2 fully saturated rings. The molecule has 0 bridgehead atoms. The fraction of sp³-hybridized carbons (Fsp3) is 1.00. The minimum atomic E-state index is 0.368. The lowest BCUT2D eigenvalue weighted by Crippen LogP contribution is -2.50. The van der Waals surface area contributed by atoms with Gasteiger partial charge in [-0.3, -0.25) is 4.90 Å². The van der Waals surface area contributed by atoms with Crippen molar-refractivity contribution in [2.45, 2.75) is 84.7 Å². The molecule has 0 spiro atoms. The van der Waals surface area contributed by atoms with Crippen LogP contribution in [0.2, 0.25) is 0 Å². The van der Waals surface area contributed by atoms with E-state index < -0.39 is 0 Å². The minimum absolute atomic E-state index is 0.368. The number of hydrogen-bond acceptors (Lipinski definition) is 2. The molecule has 1 saturated carbocycles. The largest absolute Gasteiger partial charge is 0.312 e. The Kier molecular flexibility index (Phi) is 5.92. The van der Waals surface area contributed by atoms with Crippen LogP contribution in [-0.2, 0) is 0 Å². The van der Waals surface area contributed by atoms with Gasteiger partial charge in [-0.15, -0.1) is 0 Å². The van der Waals surface area contributed by atoms with Crippen molar-refractivity contribution in [3.05, 3.63) is 0 Å². The topological polar surface area (TPSA) is 15.3 Å². The summed E-state index contributed by atoms with van der Waals surface area (Å²) in [4.78, 5) is 2.84. The predicted molar refractivity (Wildman–Crippen MR) is 88.1 cm³/mol. The SMILES string of the molecule is CCC(C1CCCCC1)N1CCCNC(C(C)(C)C)C1. The Morgan fingerprint density at radius 3 is 2.40 bits per heavy atom. The molecule has 1 N–H and O–H groups in total. The zero-order valence-electron chi connectivity index (χ0n) is 14.3. The maximum absolute atomic E-state index is 3.79. The normalized spacial score (nSPS) is 29.1. The van der Waals surface area contributed by atoms with E-state index in [9.17, 15) is 0 Å². The highest BCUT2D eigenvalue weighted by molar-refractivity contribution is 4.90. The molecule has 2 rings (SSSR count). The number of rotatable bonds is 3. The van der Waals surface area contributed by atoms with E-state index in [0.717, 1.165) is 12.0 Å². The van der Waals surface area contributed by atoms with Crippen molar-refractivity contribution in [3.63, 3.8) is 0 Å². The molecule has 0 amide bonds. The van der Waals surface area contributed by atoms with E-state index in [4.69, 9.17) is 0 Å². The van der Waals surface area contributed by atoms with Gasteiger partial charge in [0.25, 0.3) is 0 Å². The lowest BCUT2D eigenvalue weighted by molar-refractivity contribution is 0.0943. The Balaban J connectivity index is 2.03. The van der Waals surface area contributed by atoms with E-state index in [0.29, 0.717) is 11.5 Å². The minimum Gasteiger partial charge on any atom is -0.312 e. The third-order valence-electron chi connectivity index (χ3n) is 5.56. The summed E-state index contributed by atoms with van der Waals surface area (Å²) in [5.41, 5.74) is 0.368. The first kappa shape index (κ1) is 16.3. The van der Waals surface area contributed by atoms with E-state index in [1.54, 1.807) is 0 Å². The molecule has 1 heterocycles. The Labute approximate surface area is 126 Å². The van der Waals surface area contributed by atoms with Crippen LogP contribution in [0.25, 0.3) is 0 Å².